The van der Waals surface area contributed by atoms with Crippen LogP contribution in [0, 0.1) is 0 Å². The van der Waals surface area contributed by atoms with Crippen LogP contribution in [0.25, 0.3) is 0 Å². The van der Waals surface area contributed by atoms with E-state index in [1.807, 2.05) is 21.1 Å². The molecule has 0 rings (SSSR count). The number of esters is 2. The third kappa shape index (κ3) is 56.8. The van der Waals surface area contributed by atoms with Crippen LogP contribution in [0.1, 0.15) is 284 Å². The van der Waals surface area contributed by atoms with E-state index in [4.69, 9.17) is 18.9 Å². The molecule has 0 saturated heterocycles. The molecule has 0 radical (unpaired) electrons. The van der Waals surface area contributed by atoms with E-state index in [0.29, 0.717) is 17.4 Å². The Bertz CT molecular complexity index is 1340. The first-order valence-corrected chi connectivity index (χ1v) is 30.8. The molecule has 9 nitrogen and oxygen atoms in total. The van der Waals surface area contributed by atoms with Crippen LogP contribution in [0.2, 0.25) is 0 Å². The van der Waals surface area contributed by atoms with E-state index in [1.54, 1.807) is 0 Å². The largest absolute Gasteiger partial charge is 0.477 e. The Labute approximate surface area is 451 Å². The lowest BCUT2D eigenvalue weighted by Gasteiger charge is -2.25. The van der Waals surface area contributed by atoms with E-state index < -0.39 is 24.3 Å². The van der Waals surface area contributed by atoms with Crippen LogP contribution in [0.5, 0.6) is 0 Å². The highest BCUT2D eigenvalue weighted by Crippen LogP contribution is 2.18. The summed E-state index contributed by atoms with van der Waals surface area (Å²) >= 11 is 0. The van der Waals surface area contributed by atoms with Crippen LogP contribution in [0.4, 0.5) is 0 Å². The summed E-state index contributed by atoms with van der Waals surface area (Å²) in [6.07, 6.45) is 66.2. The molecule has 0 fully saturated rings. The average Bonchev–Trinajstić information content (AvgIpc) is 3.36. The van der Waals surface area contributed by atoms with Gasteiger partial charge < -0.3 is 28.5 Å². The van der Waals surface area contributed by atoms with E-state index in [1.165, 1.54) is 180 Å². The van der Waals surface area contributed by atoms with E-state index in [-0.39, 0.29) is 32.2 Å². The third-order valence-corrected chi connectivity index (χ3v) is 13.6. The standard InChI is InChI=1S/C64H117NO8/c1-6-8-10-12-14-16-18-20-22-24-26-28-30-31-33-34-36-38-40-42-44-46-48-50-52-54-61(66)71-58-60(59-72-64(63(68)69)70-57-56-65(3,4)5)73-62(67)55-53-51-49-47-45-43-41-39-37-35-32-29-27-25-23-21-19-17-15-13-11-9-7-2/h9,11,15,17,21,23,27,29,60,64H,6-8,10,12-14,16,18-20,22,24-26,28,30-59H2,1-5H3/p+1/b11-9-,17-15-,23-21-,29-27-. The number of carbonyl (C=O) groups excluding carboxylic acids is 2. The maximum absolute atomic E-state index is 12.9. The molecule has 9 heteroatoms. The zero-order valence-corrected chi connectivity index (χ0v) is 48.6. The maximum atomic E-state index is 12.9. The van der Waals surface area contributed by atoms with Crippen molar-refractivity contribution in [2.24, 2.45) is 0 Å². The minimum Gasteiger partial charge on any atom is -0.477 e. The zero-order chi connectivity index (χ0) is 53.4. The number of hydrogen-bond donors (Lipinski definition) is 1. The third-order valence-electron chi connectivity index (χ3n) is 13.6. The van der Waals surface area contributed by atoms with Crippen LogP contribution in [-0.2, 0) is 33.3 Å². The summed E-state index contributed by atoms with van der Waals surface area (Å²) in [7, 11) is 5.98. The first-order valence-electron chi connectivity index (χ1n) is 30.8. The fourth-order valence-electron chi connectivity index (χ4n) is 8.89. The number of unbranched alkanes of at least 4 members (excludes halogenated alkanes) is 34. The molecule has 426 valence electrons. The molecule has 0 aliphatic heterocycles. The lowest BCUT2D eigenvalue weighted by molar-refractivity contribution is -0.870. The van der Waals surface area contributed by atoms with Crippen LogP contribution in [0.3, 0.4) is 0 Å². The second-order valence-electron chi connectivity index (χ2n) is 22.0. The van der Waals surface area contributed by atoms with E-state index >= 15 is 0 Å². The quantitative estimate of drug-likeness (QED) is 0.0211. The highest BCUT2D eigenvalue weighted by molar-refractivity contribution is 5.71. The fraction of sp³-hybridized carbons (Fsp3) is 0.828. The molecule has 0 aliphatic rings. The molecule has 0 spiro atoms. The van der Waals surface area contributed by atoms with Gasteiger partial charge in [0, 0.05) is 12.8 Å². The number of nitrogens with zero attached hydrogens (tertiary/aromatic N) is 1. The molecule has 0 heterocycles. The highest BCUT2D eigenvalue weighted by atomic mass is 16.7. The zero-order valence-electron chi connectivity index (χ0n) is 48.6. The minimum absolute atomic E-state index is 0.181. The molecule has 0 aliphatic carbocycles. The Morgan fingerprint density at radius 1 is 0.425 bits per heavy atom. The van der Waals surface area contributed by atoms with Crippen molar-refractivity contribution in [1.29, 1.82) is 0 Å². The van der Waals surface area contributed by atoms with Crippen molar-refractivity contribution in [2.75, 3.05) is 47.5 Å². The summed E-state index contributed by atoms with van der Waals surface area (Å²) in [6, 6.07) is 0. The van der Waals surface area contributed by atoms with Crippen molar-refractivity contribution in [3.8, 4) is 0 Å². The summed E-state index contributed by atoms with van der Waals surface area (Å²) in [5, 5.41) is 9.72. The monoisotopic (exact) mass is 1030 g/mol. The molecule has 0 aromatic heterocycles. The Balaban J connectivity index is 4.18. The van der Waals surface area contributed by atoms with Crippen LogP contribution in [0.15, 0.2) is 48.6 Å². The number of hydrogen-bond acceptors (Lipinski definition) is 7. The number of allylic oxidation sites excluding steroid dienone is 8. The Hall–Kier alpha value is -2.75. The van der Waals surface area contributed by atoms with Crippen LogP contribution >= 0.6 is 0 Å². The predicted octanol–water partition coefficient (Wildman–Crippen LogP) is 18.2. The number of aliphatic carboxylic acids is 1. The number of carboxylic acids is 1. The van der Waals surface area contributed by atoms with Gasteiger partial charge >= 0.3 is 17.9 Å². The summed E-state index contributed by atoms with van der Waals surface area (Å²) in [5.41, 5.74) is 0. The van der Waals surface area contributed by atoms with Crippen molar-refractivity contribution < 1.29 is 42.9 Å². The molecule has 2 atom stereocenters. The molecule has 0 amide bonds. The van der Waals surface area contributed by atoms with Gasteiger partial charge in [0.15, 0.2) is 6.10 Å². The van der Waals surface area contributed by atoms with E-state index in [9.17, 15) is 19.5 Å². The van der Waals surface area contributed by atoms with Crippen LogP contribution in [-0.4, -0.2) is 87.4 Å². The van der Waals surface area contributed by atoms with Crippen LogP contribution < -0.4 is 0 Å². The second-order valence-corrected chi connectivity index (χ2v) is 22.0. The van der Waals surface area contributed by atoms with E-state index in [0.717, 1.165) is 77.0 Å². The predicted molar refractivity (Wildman–Crippen MR) is 309 cm³/mol. The molecular weight excluding hydrogens is 911 g/mol. The normalized spacial score (nSPS) is 13.1. The number of likely N-dealkylation sites (N-methyl/N-ethyl adjacent to an activating group) is 1. The molecule has 0 bridgehead atoms. The average molecular weight is 1030 g/mol. The summed E-state index contributed by atoms with van der Waals surface area (Å²) in [6.45, 7) is 4.80. The van der Waals surface area contributed by atoms with Gasteiger partial charge in [-0.1, -0.05) is 268 Å². The molecule has 0 saturated carbocycles. The van der Waals surface area contributed by atoms with Crippen molar-refractivity contribution in [3.05, 3.63) is 48.6 Å². The first kappa shape index (κ1) is 70.2. The first-order chi connectivity index (χ1) is 35.6. The molecule has 2 unspecified atom stereocenters. The smallest absolute Gasteiger partial charge is 0.361 e. The Morgan fingerprint density at radius 2 is 0.781 bits per heavy atom. The number of ether oxygens (including phenoxy) is 4. The van der Waals surface area contributed by atoms with Gasteiger partial charge in [0.2, 0.25) is 0 Å². The maximum Gasteiger partial charge on any atom is 0.361 e. The number of rotatable bonds is 57. The Morgan fingerprint density at radius 3 is 1.16 bits per heavy atom. The molecule has 0 aromatic carbocycles. The fourth-order valence-corrected chi connectivity index (χ4v) is 8.89. The van der Waals surface area contributed by atoms with Gasteiger partial charge in [0.1, 0.15) is 13.2 Å². The van der Waals surface area contributed by atoms with Gasteiger partial charge in [0.05, 0.1) is 34.4 Å². The van der Waals surface area contributed by atoms with Gasteiger partial charge in [-0.3, -0.25) is 9.59 Å². The lowest BCUT2D eigenvalue weighted by Crippen LogP contribution is -2.40. The molecule has 73 heavy (non-hydrogen) atoms. The van der Waals surface area contributed by atoms with Gasteiger partial charge in [-0.05, 0) is 51.4 Å². The van der Waals surface area contributed by atoms with Gasteiger partial charge in [0.25, 0.3) is 6.29 Å². The summed E-state index contributed by atoms with van der Waals surface area (Å²) in [4.78, 5) is 37.5. The second kappa shape index (κ2) is 55.5. The number of carbonyl (C=O) groups is 3. The van der Waals surface area contributed by atoms with Crippen molar-refractivity contribution in [3.63, 3.8) is 0 Å². The lowest BCUT2D eigenvalue weighted by atomic mass is 10.0. The highest BCUT2D eigenvalue weighted by Gasteiger charge is 2.25. The number of carboxylic acid groups (broad SMARTS) is 1. The summed E-state index contributed by atoms with van der Waals surface area (Å²) in [5.74, 6) is -1.99. The SMILES string of the molecule is CC/C=C\C/C=C\C/C=C\C/C=C\CCCCCCCCCCCCC(=O)OC(COC(=O)CCCCCCCCCCCCCCCCCCCCCCCCCCC)COC(OCC[N+](C)(C)C)C(=O)O. The molecular formula is C64H118NO8+. The van der Waals surface area contributed by atoms with Gasteiger partial charge in [-0.25, -0.2) is 4.79 Å². The molecule has 1 N–H and O–H groups in total. The Kier molecular flexibility index (Phi) is 53.4. The topological polar surface area (TPSA) is 108 Å². The van der Waals surface area contributed by atoms with Crippen molar-refractivity contribution in [2.45, 2.75) is 296 Å². The molecule has 0 aromatic rings. The van der Waals surface area contributed by atoms with Crippen molar-refractivity contribution >= 4 is 17.9 Å². The van der Waals surface area contributed by atoms with E-state index in [2.05, 4.69) is 62.5 Å². The van der Waals surface area contributed by atoms with Crippen molar-refractivity contribution in [1.82, 2.24) is 0 Å². The number of quaternary nitrogens is 1. The van der Waals surface area contributed by atoms with Gasteiger partial charge in [-0.2, -0.15) is 0 Å². The summed E-state index contributed by atoms with van der Waals surface area (Å²) < 4.78 is 22.9. The minimum atomic E-state index is -1.51. The van der Waals surface area contributed by atoms with Gasteiger partial charge in [-0.15, -0.1) is 0 Å².